The summed E-state index contributed by atoms with van der Waals surface area (Å²) in [6.45, 7) is 0.388. The molecular weight excluding hydrogens is 295 g/mol. The van der Waals surface area contributed by atoms with E-state index < -0.39 is 6.10 Å². The molecule has 0 spiro atoms. The number of rotatable bonds is 1. The maximum atomic E-state index is 11.5. The van der Waals surface area contributed by atoms with Gasteiger partial charge >= 0.3 is 0 Å². The van der Waals surface area contributed by atoms with Crippen molar-refractivity contribution in [3.05, 3.63) is 22.0 Å². The number of pyridine rings is 1. The average molecular weight is 304 g/mol. The molecule has 1 unspecified atom stereocenters. The van der Waals surface area contributed by atoms with Gasteiger partial charge in [0.25, 0.3) is 0 Å². The van der Waals surface area contributed by atoms with Gasteiger partial charge < -0.3 is 10.0 Å². The number of aromatic nitrogens is 1. The van der Waals surface area contributed by atoms with Crippen LogP contribution < -0.4 is 4.90 Å². The van der Waals surface area contributed by atoms with Crippen molar-refractivity contribution in [1.82, 2.24) is 4.98 Å². The Labute approximate surface area is 95.1 Å². The van der Waals surface area contributed by atoms with E-state index in [9.17, 15) is 9.90 Å². The molecule has 1 aliphatic rings. The van der Waals surface area contributed by atoms with Crippen molar-refractivity contribution in [3.8, 4) is 0 Å². The van der Waals surface area contributed by atoms with E-state index in [4.69, 9.17) is 0 Å². The van der Waals surface area contributed by atoms with E-state index >= 15 is 0 Å². The molecule has 1 aromatic heterocycles. The van der Waals surface area contributed by atoms with E-state index in [0.717, 1.165) is 9.26 Å². The molecule has 1 fully saturated rings. The zero-order valence-electron chi connectivity index (χ0n) is 7.35. The highest BCUT2D eigenvalue weighted by molar-refractivity contribution is 14.1. The first-order valence-electron chi connectivity index (χ1n) is 4.26. The zero-order chi connectivity index (χ0) is 10.1. The van der Waals surface area contributed by atoms with Gasteiger partial charge in [-0.25, -0.2) is 0 Å². The Balaban J connectivity index is 2.32. The first kappa shape index (κ1) is 9.85. The van der Waals surface area contributed by atoms with Crippen molar-refractivity contribution in [2.24, 2.45) is 0 Å². The second kappa shape index (κ2) is 3.82. The maximum Gasteiger partial charge on any atom is 0.229 e. The van der Waals surface area contributed by atoms with Gasteiger partial charge in [-0.2, -0.15) is 0 Å². The minimum atomic E-state index is -0.536. The molecule has 5 heteroatoms. The number of halogens is 1. The lowest BCUT2D eigenvalue weighted by atomic mass is 10.3. The second-order valence-corrected chi connectivity index (χ2v) is 4.35. The molecule has 2 rings (SSSR count). The number of aliphatic hydroxyl groups excluding tert-OH is 1. The molecule has 2 heterocycles. The summed E-state index contributed by atoms with van der Waals surface area (Å²) in [5.74, 6) is -0.0263. The number of hydrogen-bond donors (Lipinski definition) is 1. The predicted octanol–water partition coefficient (Wildman–Crippen LogP) is 0.784. The minimum Gasteiger partial charge on any atom is -0.391 e. The van der Waals surface area contributed by atoms with Crippen LogP contribution in [-0.4, -0.2) is 28.6 Å². The summed E-state index contributed by atoms with van der Waals surface area (Å²) >= 11 is 2.13. The average Bonchev–Trinajstić information content (AvgIpc) is 2.46. The molecular formula is C9H9IN2O2. The summed E-state index contributed by atoms with van der Waals surface area (Å²) in [6.07, 6.45) is 3.04. The smallest absolute Gasteiger partial charge is 0.229 e. The van der Waals surface area contributed by atoms with Crippen LogP contribution in [0, 0.1) is 3.57 Å². The molecule has 0 bridgehead atoms. The molecule has 0 aliphatic carbocycles. The van der Waals surface area contributed by atoms with E-state index in [-0.39, 0.29) is 12.3 Å². The highest BCUT2D eigenvalue weighted by atomic mass is 127. The van der Waals surface area contributed by atoms with Gasteiger partial charge in [-0.1, -0.05) is 0 Å². The Morgan fingerprint density at radius 2 is 2.43 bits per heavy atom. The molecule has 1 aromatic rings. The van der Waals surface area contributed by atoms with Gasteiger partial charge in [0.2, 0.25) is 5.91 Å². The third kappa shape index (κ3) is 1.74. The molecule has 1 aliphatic heterocycles. The van der Waals surface area contributed by atoms with Gasteiger partial charge in [0, 0.05) is 12.4 Å². The number of carbonyl (C=O) groups excluding carboxylic acids is 1. The molecule has 1 N–H and O–H groups in total. The molecule has 1 atom stereocenters. The largest absolute Gasteiger partial charge is 0.391 e. The Morgan fingerprint density at radius 3 is 3.00 bits per heavy atom. The number of amides is 1. The number of aliphatic hydroxyl groups is 1. The van der Waals surface area contributed by atoms with E-state index in [1.54, 1.807) is 23.4 Å². The summed E-state index contributed by atoms with van der Waals surface area (Å²) in [6, 6.07) is 1.79. The fraction of sp³-hybridized carbons (Fsp3) is 0.333. The number of hydrogen-bond acceptors (Lipinski definition) is 3. The fourth-order valence-corrected chi connectivity index (χ4v) is 2.14. The summed E-state index contributed by atoms with van der Waals surface area (Å²) in [5.41, 5.74) is 0.835. The van der Waals surface area contributed by atoms with Crippen LogP contribution in [-0.2, 0) is 4.79 Å². The van der Waals surface area contributed by atoms with Crippen LogP contribution in [0.15, 0.2) is 18.5 Å². The zero-order valence-corrected chi connectivity index (χ0v) is 9.51. The second-order valence-electron chi connectivity index (χ2n) is 3.19. The van der Waals surface area contributed by atoms with Gasteiger partial charge in [0.1, 0.15) is 0 Å². The molecule has 4 nitrogen and oxygen atoms in total. The highest BCUT2D eigenvalue weighted by Gasteiger charge is 2.29. The third-order valence-corrected chi connectivity index (χ3v) is 2.98. The SMILES string of the molecule is O=C1CC(O)CN1c1ccncc1I. The van der Waals surface area contributed by atoms with Gasteiger partial charge in [0.15, 0.2) is 0 Å². The first-order chi connectivity index (χ1) is 6.68. The lowest BCUT2D eigenvalue weighted by Gasteiger charge is -2.16. The highest BCUT2D eigenvalue weighted by Crippen LogP contribution is 2.25. The number of β-amino-alcohol motifs (C(OH)–C–C–N with tert-alkyl or cyclic N) is 1. The lowest BCUT2D eigenvalue weighted by molar-refractivity contribution is -0.117. The quantitative estimate of drug-likeness (QED) is 0.780. The van der Waals surface area contributed by atoms with Crippen LogP contribution in [0.4, 0.5) is 5.69 Å². The normalized spacial score (nSPS) is 21.7. The van der Waals surface area contributed by atoms with Gasteiger partial charge in [-0.15, -0.1) is 0 Å². The number of nitrogens with zero attached hydrogens (tertiary/aromatic N) is 2. The standard InChI is InChI=1S/C9H9IN2O2/c10-7-4-11-2-1-8(7)12-5-6(13)3-9(12)14/h1-2,4,6,13H,3,5H2. The Morgan fingerprint density at radius 1 is 1.64 bits per heavy atom. The lowest BCUT2D eigenvalue weighted by Crippen LogP contribution is -2.26. The monoisotopic (exact) mass is 304 g/mol. The summed E-state index contributed by atoms with van der Waals surface area (Å²) in [7, 11) is 0. The maximum absolute atomic E-state index is 11.5. The Bertz CT molecular complexity index is 370. The van der Waals surface area contributed by atoms with Gasteiger partial charge in [0.05, 0.1) is 28.3 Å². The van der Waals surface area contributed by atoms with Gasteiger partial charge in [-0.05, 0) is 28.7 Å². The van der Waals surface area contributed by atoms with Crippen LogP contribution in [0.25, 0.3) is 0 Å². The summed E-state index contributed by atoms with van der Waals surface area (Å²) in [5, 5.41) is 9.34. The number of carbonyl (C=O) groups is 1. The van der Waals surface area contributed by atoms with Crippen LogP contribution in [0.3, 0.4) is 0 Å². The van der Waals surface area contributed by atoms with Crippen LogP contribution in [0.2, 0.25) is 0 Å². The molecule has 14 heavy (non-hydrogen) atoms. The minimum absolute atomic E-state index is 0.0263. The van der Waals surface area contributed by atoms with Crippen molar-refractivity contribution in [2.75, 3.05) is 11.4 Å². The molecule has 0 radical (unpaired) electrons. The van der Waals surface area contributed by atoms with Crippen molar-refractivity contribution >= 4 is 34.2 Å². The number of anilines is 1. The third-order valence-electron chi connectivity index (χ3n) is 2.15. The van der Waals surface area contributed by atoms with E-state index in [0.29, 0.717) is 6.54 Å². The van der Waals surface area contributed by atoms with Crippen molar-refractivity contribution < 1.29 is 9.90 Å². The molecule has 74 valence electrons. The van der Waals surface area contributed by atoms with E-state index in [1.165, 1.54) is 0 Å². The molecule has 0 aromatic carbocycles. The Kier molecular flexibility index (Phi) is 2.69. The van der Waals surface area contributed by atoms with Gasteiger partial charge in [-0.3, -0.25) is 9.78 Å². The Hall–Kier alpha value is -0.690. The van der Waals surface area contributed by atoms with E-state index in [2.05, 4.69) is 27.6 Å². The summed E-state index contributed by atoms with van der Waals surface area (Å²) in [4.78, 5) is 17.0. The van der Waals surface area contributed by atoms with Crippen molar-refractivity contribution in [3.63, 3.8) is 0 Å². The molecule has 1 saturated heterocycles. The van der Waals surface area contributed by atoms with Crippen LogP contribution >= 0.6 is 22.6 Å². The predicted molar refractivity (Wildman–Crippen MR) is 59.9 cm³/mol. The topological polar surface area (TPSA) is 53.4 Å². The fourth-order valence-electron chi connectivity index (χ4n) is 1.51. The van der Waals surface area contributed by atoms with Crippen LogP contribution in [0.1, 0.15) is 6.42 Å². The summed E-state index contributed by atoms with van der Waals surface area (Å²) < 4.78 is 0.924. The van der Waals surface area contributed by atoms with Crippen molar-refractivity contribution in [2.45, 2.75) is 12.5 Å². The van der Waals surface area contributed by atoms with Crippen molar-refractivity contribution in [1.29, 1.82) is 0 Å². The van der Waals surface area contributed by atoms with Crippen LogP contribution in [0.5, 0.6) is 0 Å². The molecule has 1 amide bonds. The molecule has 0 saturated carbocycles. The first-order valence-corrected chi connectivity index (χ1v) is 5.34. The van der Waals surface area contributed by atoms with E-state index in [1.807, 2.05) is 0 Å².